The Morgan fingerprint density at radius 3 is 2.48 bits per heavy atom. The molecule has 0 heterocycles. The lowest BCUT2D eigenvalue weighted by Crippen LogP contribution is -2.14. The minimum absolute atomic E-state index is 0.0421. The van der Waals surface area contributed by atoms with E-state index in [9.17, 15) is 9.90 Å². The maximum atomic E-state index is 12.5. The Kier molecular flexibility index (Phi) is 4.80. The molecule has 3 nitrogen and oxygen atoms in total. The third kappa shape index (κ3) is 3.52. The molecule has 0 radical (unpaired) electrons. The van der Waals surface area contributed by atoms with Crippen molar-refractivity contribution < 1.29 is 9.90 Å². The van der Waals surface area contributed by atoms with Crippen LogP contribution in [0.15, 0.2) is 34.8 Å². The van der Waals surface area contributed by atoms with Gasteiger partial charge in [0.2, 0.25) is 0 Å². The summed E-state index contributed by atoms with van der Waals surface area (Å²) in [6.07, 6.45) is 0. The Morgan fingerprint density at radius 2 is 1.81 bits per heavy atom. The van der Waals surface area contributed by atoms with Crippen molar-refractivity contribution in [1.82, 2.24) is 0 Å². The summed E-state index contributed by atoms with van der Waals surface area (Å²) >= 11 is 3.47. The number of aryl methyl sites for hydroxylation is 3. The summed E-state index contributed by atoms with van der Waals surface area (Å²) < 4.78 is 0.995. The van der Waals surface area contributed by atoms with Crippen LogP contribution in [-0.2, 0) is 6.61 Å². The first-order valence-electron chi connectivity index (χ1n) is 6.71. The van der Waals surface area contributed by atoms with Gasteiger partial charge in [-0.25, -0.2) is 0 Å². The molecule has 2 aromatic rings. The average Bonchev–Trinajstić information content (AvgIpc) is 2.45. The number of benzene rings is 2. The SMILES string of the molecule is Cc1cc(C(=O)Nc2cc(CO)ccc2C)c(C)cc1Br. The van der Waals surface area contributed by atoms with E-state index in [1.54, 1.807) is 6.07 Å². The lowest BCUT2D eigenvalue weighted by molar-refractivity contribution is 0.102. The lowest BCUT2D eigenvalue weighted by atomic mass is 10.0. The second-order valence-corrected chi connectivity index (χ2v) is 6.03. The van der Waals surface area contributed by atoms with Crippen LogP contribution in [-0.4, -0.2) is 11.0 Å². The second-order valence-electron chi connectivity index (χ2n) is 5.18. The van der Waals surface area contributed by atoms with E-state index in [-0.39, 0.29) is 12.5 Å². The first-order valence-corrected chi connectivity index (χ1v) is 7.50. The molecule has 0 spiro atoms. The van der Waals surface area contributed by atoms with Gasteiger partial charge in [0.05, 0.1) is 6.61 Å². The van der Waals surface area contributed by atoms with Crippen molar-refractivity contribution in [2.24, 2.45) is 0 Å². The molecular formula is C17H18BrNO2. The predicted molar refractivity (Wildman–Crippen MR) is 88.7 cm³/mol. The molecule has 0 saturated heterocycles. The van der Waals surface area contributed by atoms with Crippen molar-refractivity contribution in [1.29, 1.82) is 0 Å². The van der Waals surface area contributed by atoms with Crippen molar-refractivity contribution in [2.45, 2.75) is 27.4 Å². The topological polar surface area (TPSA) is 49.3 Å². The van der Waals surface area contributed by atoms with E-state index in [1.807, 2.05) is 45.0 Å². The van der Waals surface area contributed by atoms with E-state index < -0.39 is 0 Å². The van der Waals surface area contributed by atoms with Gasteiger partial charge in [0.1, 0.15) is 0 Å². The third-order valence-electron chi connectivity index (χ3n) is 3.48. The fraction of sp³-hybridized carbons (Fsp3) is 0.235. The number of hydrogen-bond donors (Lipinski definition) is 2. The molecule has 2 N–H and O–H groups in total. The van der Waals surface area contributed by atoms with Gasteiger partial charge in [0.25, 0.3) is 5.91 Å². The molecule has 0 atom stereocenters. The van der Waals surface area contributed by atoms with Gasteiger partial charge in [-0.1, -0.05) is 28.1 Å². The third-order valence-corrected chi connectivity index (χ3v) is 4.34. The normalized spacial score (nSPS) is 10.5. The molecule has 0 fully saturated rings. The van der Waals surface area contributed by atoms with Crippen molar-refractivity contribution in [2.75, 3.05) is 5.32 Å². The minimum atomic E-state index is -0.138. The van der Waals surface area contributed by atoms with Crippen molar-refractivity contribution >= 4 is 27.5 Å². The summed E-state index contributed by atoms with van der Waals surface area (Å²) in [5.41, 5.74) is 5.06. The lowest BCUT2D eigenvalue weighted by Gasteiger charge is -2.12. The van der Waals surface area contributed by atoms with E-state index in [0.717, 1.165) is 32.4 Å². The van der Waals surface area contributed by atoms with Crippen LogP contribution in [0.5, 0.6) is 0 Å². The number of nitrogens with one attached hydrogen (secondary N) is 1. The molecular weight excluding hydrogens is 330 g/mol. The number of rotatable bonds is 3. The molecule has 0 saturated carbocycles. The molecule has 0 unspecified atom stereocenters. The number of hydrogen-bond acceptors (Lipinski definition) is 2. The Balaban J connectivity index is 2.32. The molecule has 0 aliphatic rings. The van der Waals surface area contributed by atoms with Crippen LogP contribution in [0.25, 0.3) is 0 Å². The zero-order valence-corrected chi connectivity index (χ0v) is 13.9. The monoisotopic (exact) mass is 347 g/mol. The van der Waals surface area contributed by atoms with Crippen LogP contribution in [0.3, 0.4) is 0 Å². The highest BCUT2D eigenvalue weighted by molar-refractivity contribution is 9.10. The van der Waals surface area contributed by atoms with Gasteiger partial charge in [0.15, 0.2) is 0 Å². The molecule has 2 rings (SSSR count). The van der Waals surface area contributed by atoms with Gasteiger partial charge in [-0.3, -0.25) is 4.79 Å². The van der Waals surface area contributed by atoms with E-state index in [1.165, 1.54) is 0 Å². The van der Waals surface area contributed by atoms with Crippen LogP contribution in [0.1, 0.15) is 32.6 Å². The van der Waals surface area contributed by atoms with Gasteiger partial charge in [-0.2, -0.15) is 0 Å². The molecule has 1 amide bonds. The first kappa shape index (κ1) is 15.7. The van der Waals surface area contributed by atoms with Crippen LogP contribution in [0, 0.1) is 20.8 Å². The highest BCUT2D eigenvalue weighted by atomic mass is 79.9. The zero-order chi connectivity index (χ0) is 15.6. The standard InChI is InChI=1S/C17H18BrNO2/c1-10-4-5-13(9-20)8-16(10)19-17(21)14-6-12(3)15(18)7-11(14)2/h4-8,20H,9H2,1-3H3,(H,19,21). The van der Waals surface area contributed by atoms with Crippen LogP contribution >= 0.6 is 15.9 Å². The molecule has 0 aromatic heterocycles. The van der Waals surface area contributed by atoms with Gasteiger partial charge < -0.3 is 10.4 Å². The Bertz CT molecular complexity index is 695. The number of carbonyl (C=O) groups is 1. The maximum Gasteiger partial charge on any atom is 0.255 e. The quantitative estimate of drug-likeness (QED) is 0.877. The van der Waals surface area contributed by atoms with E-state index in [4.69, 9.17) is 0 Å². The number of aliphatic hydroxyl groups is 1. The fourth-order valence-corrected chi connectivity index (χ4v) is 2.58. The summed E-state index contributed by atoms with van der Waals surface area (Å²) in [5.74, 6) is -0.138. The Hall–Kier alpha value is -1.65. The maximum absolute atomic E-state index is 12.5. The number of anilines is 1. The second kappa shape index (κ2) is 6.41. The van der Waals surface area contributed by atoms with E-state index in [0.29, 0.717) is 5.56 Å². The van der Waals surface area contributed by atoms with E-state index in [2.05, 4.69) is 21.2 Å². The molecule has 0 bridgehead atoms. The van der Waals surface area contributed by atoms with Crippen LogP contribution < -0.4 is 5.32 Å². The molecule has 21 heavy (non-hydrogen) atoms. The van der Waals surface area contributed by atoms with Crippen LogP contribution in [0.4, 0.5) is 5.69 Å². The first-order chi connectivity index (χ1) is 9.92. The number of amides is 1. The summed E-state index contributed by atoms with van der Waals surface area (Å²) in [6.45, 7) is 5.75. The van der Waals surface area contributed by atoms with Gasteiger partial charge in [-0.15, -0.1) is 0 Å². The molecule has 110 valence electrons. The van der Waals surface area contributed by atoms with Gasteiger partial charge in [-0.05, 0) is 61.2 Å². The number of halogens is 1. The predicted octanol–water partition coefficient (Wildman–Crippen LogP) is 4.12. The summed E-state index contributed by atoms with van der Waals surface area (Å²) in [7, 11) is 0. The molecule has 2 aromatic carbocycles. The van der Waals surface area contributed by atoms with Crippen molar-refractivity contribution in [3.63, 3.8) is 0 Å². The highest BCUT2D eigenvalue weighted by Gasteiger charge is 2.12. The van der Waals surface area contributed by atoms with Crippen molar-refractivity contribution in [3.8, 4) is 0 Å². The zero-order valence-electron chi connectivity index (χ0n) is 12.3. The van der Waals surface area contributed by atoms with Gasteiger partial charge >= 0.3 is 0 Å². The van der Waals surface area contributed by atoms with Crippen LogP contribution in [0.2, 0.25) is 0 Å². The summed E-state index contributed by atoms with van der Waals surface area (Å²) in [4.78, 5) is 12.5. The summed E-state index contributed by atoms with van der Waals surface area (Å²) in [5, 5.41) is 12.1. The summed E-state index contributed by atoms with van der Waals surface area (Å²) in [6, 6.07) is 9.36. The largest absolute Gasteiger partial charge is 0.392 e. The van der Waals surface area contributed by atoms with E-state index >= 15 is 0 Å². The van der Waals surface area contributed by atoms with Crippen molar-refractivity contribution in [3.05, 3.63) is 62.6 Å². The highest BCUT2D eigenvalue weighted by Crippen LogP contribution is 2.23. The minimum Gasteiger partial charge on any atom is -0.392 e. The molecule has 4 heteroatoms. The Morgan fingerprint density at radius 1 is 1.10 bits per heavy atom. The Labute approximate surface area is 133 Å². The molecule has 0 aliphatic heterocycles. The smallest absolute Gasteiger partial charge is 0.255 e. The van der Waals surface area contributed by atoms with Gasteiger partial charge in [0, 0.05) is 15.7 Å². The average molecular weight is 348 g/mol. The molecule has 0 aliphatic carbocycles. The number of aliphatic hydroxyl groups excluding tert-OH is 1. The number of carbonyl (C=O) groups excluding carboxylic acids is 1. The fourth-order valence-electron chi connectivity index (χ4n) is 2.12.